The summed E-state index contributed by atoms with van der Waals surface area (Å²) in [6.07, 6.45) is 12.1. The topological polar surface area (TPSA) is 68.5 Å². The van der Waals surface area contributed by atoms with Gasteiger partial charge in [0.05, 0.1) is 18.8 Å². The zero-order valence-corrected chi connectivity index (χ0v) is 20.5. The average Bonchev–Trinajstić information content (AvgIpc) is 3.51. The molecule has 0 radical (unpaired) electrons. The fraction of sp³-hybridized carbons (Fsp3) is 0.419. The molecule has 5 nitrogen and oxygen atoms in total. The molecule has 2 aliphatic carbocycles. The molecular formula is C31H31NO4. The maximum Gasteiger partial charge on any atom is 0.287 e. The van der Waals surface area contributed by atoms with Gasteiger partial charge in [0.2, 0.25) is 0 Å². The van der Waals surface area contributed by atoms with Crippen LogP contribution in [0.15, 0.2) is 52.9 Å². The highest BCUT2D eigenvalue weighted by Gasteiger charge is 2.49. The van der Waals surface area contributed by atoms with Crippen molar-refractivity contribution in [1.29, 1.82) is 0 Å². The maximum atomic E-state index is 13.4. The van der Waals surface area contributed by atoms with Gasteiger partial charge in [0.25, 0.3) is 5.91 Å². The van der Waals surface area contributed by atoms with E-state index < -0.39 is 5.54 Å². The van der Waals surface area contributed by atoms with Crippen LogP contribution in [0.3, 0.4) is 0 Å². The lowest BCUT2D eigenvalue weighted by Crippen LogP contribution is -2.56. The van der Waals surface area contributed by atoms with E-state index in [1.807, 2.05) is 18.2 Å². The summed E-state index contributed by atoms with van der Waals surface area (Å²) in [4.78, 5) is 26.7. The number of ketones is 1. The Balaban J connectivity index is 1.22. The Morgan fingerprint density at radius 1 is 0.944 bits per heavy atom. The maximum absolute atomic E-state index is 13.4. The summed E-state index contributed by atoms with van der Waals surface area (Å²) in [5.74, 6) is 3.28. The molecule has 184 valence electrons. The molecule has 6 rings (SSSR count). The van der Waals surface area contributed by atoms with Crippen LogP contribution in [0.5, 0.6) is 0 Å². The van der Waals surface area contributed by atoms with Crippen molar-refractivity contribution in [1.82, 2.24) is 5.32 Å². The number of fused-ring (bicyclic) bond motifs is 1. The molecule has 5 heteroatoms. The molecule has 1 saturated heterocycles. The molecule has 2 saturated carbocycles. The fourth-order valence-electron chi connectivity index (χ4n) is 5.61. The first-order valence-electron chi connectivity index (χ1n) is 13.0. The number of rotatable bonds is 7. The first kappa shape index (κ1) is 23.1. The second-order valence-corrected chi connectivity index (χ2v) is 10.8. The standard InChI is InChI=1S/C31H31NO4/c1-2-30(14-15-30)18-28(33)31(12-4-3-5-13-31)32-29(34)27-17-24-11-10-23(16-26(24)36-27)21-6-8-22(9-7-21)25-19-35-20-25/h1,6-11,16-17,25H,3-5,12-15,18-20H2,(H,32,34). The molecule has 3 aromatic rings. The van der Waals surface area contributed by atoms with Gasteiger partial charge in [0.1, 0.15) is 5.58 Å². The van der Waals surface area contributed by atoms with Crippen LogP contribution in [-0.4, -0.2) is 30.4 Å². The molecular weight excluding hydrogens is 450 g/mol. The number of terminal acetylenes is 1. The SMILES string of the molecule is C#CC1(CC(=O)C2(NC(=O)c3cc4ccc(-c5ccc(C6COC6)cc5)cc4o3)CCCCC2)CC1. The van der Waals surface area contributed by atoms with E-state index in [0.29, 0.717) is 30.8 Å². The van der Waals surface area contributed by atoms with E-state index in [1.54, 1.807) is 6.07 Å². The van der Waals surface area contributed by atoms with Crippen molar-refractivity contribution in [3.8, 4) is 23.5 Å². The third kappa shape index (κ3) is 4.24. The van der Waals surface area contributed by atoms with Crippen molar-refractivity contribution < 1.29 is 18.7 Å². The van der Waals surface area contributed by atoms with Gasteiger partial charge < -0.3 is 14.5 Å². The average molecular weight is 482 g/mol. The quantitative estimate of drug-likeness (QED) is 0.419. The molecule has 3 aliphatic rings. The van der Waals surface area contributed by atoms with Crippen LogP contribution in [-0.2, 0) is 9.53 Å². The van der Waals surface area contributed by atoms with Crippen molar-refractivity contribution in [2.24, 2.45) is 5.41 Å². The molecule has 36 heavy (non-hydrogen) atoms. The second kappa shape index (κ2) is 8.94. The first-order chi connectivity index (χ1) is 17.5. The number of carbonyl (C=O) groups excluding carboxylic acids is 2. The van der Waals surface area contributed by atoms with Crippen LogP contribution in [0.4, 0.5) is 0 Å². The minimum atomic E-state index is -0.848. The largest absolute Gasteiger partial charge is 0.451 e. The van der Waals surface area contributed by atoms with Gasteiger partial charge in [-0.1, -0.05) is 61.6 Å². The van der Waals surface area contributed by atoms with Crippen molar-refractivity contribution in [2.75, 3.05) is 13.2 Å². The highest BCUT2D eigenvalue weighted by atomic mass is 16.5. The fourth-order valence-corrected chi connectivity index (χ4v) is 5.61. The number of furan rings is 1. The molecule has 0 spiro atoms. The number of amides is 1. The lowest BCUT2D eigenvalue weighted by Gasteiger charge is -2.37. The molecule has 3 fully saturated rings. The predicted molar refractivity (Wildman–Crippen MR) is 139 cm³/mol. The van der Waals surface area contributed by atoms with Crippen LogP contribution >= 0.6 is 0 Å². The number of hydrogen-bond donors (Lipinski definition) is 1. The van der Waals surface area contributed by atoms with Crippen molar-refractivity contribution in [3.05, 3.63) is 59.9 Å². The molecule has 2 heterocycles. The first-order valence-corrected chi connectivity index (χ1v) is 13.0. The monoisotopic (exact) mass is 481 g/mol. The molecule has 1 aliphatic heterocycles. The van der Waals surface area contributed by atoms with Gasteiger partial charge in [-0.2, -0.15) is 0 Å². The predicted octanol–water partition coefficient (Wildman–Crippen LogP) is 6.02. The minimum absolute atomic E-state index is 0.0707. The second-order valence-electron chi connectivity index (χ2n) is 10.8. The summed E-state index contributed by atoms with van der Waals surface area (Å²) in [5.41, 5.74) is 2.93. The summed E-state index contributed by atoms with van der Waals surface area (Å²) in [6, 6.07) is 16.3. The van der Waals surface area contributed by atoms with Crippen LogP contribution in [0.2, 0.25) is 0 Å². The van der Waals surface area contributed by atoms with E-state index in [2.05, 4.69) is 35.5 Å². The summed E-state index contributed by atoms with van der Waals surface area (Å²) < 4.78 is 11.3. The zero-order chi connectivity index (χ0) is 24.8. The molecule has 1 N–H and O–H groups in total. The van der Waals surface area contributed by atoms with Crippen LogP contribution in [0.25, 0.3) is 22.1 Å². The Bertz CT molecular complexity index is 1350. The number of ether oxygens (including phenoxy) is 1. The van der Waals surface area contributed by atoms with Gasteiger partial charge >= 0.3 is 0 Å². The van der Waals surface area contributed by atoms with E-state index >= 15 is 0 Å². The summed E-state index contributed by atoms with van der Waals surface area (Å²) in [5, 5.41) is 3.96. The third-order valence-electron chi connectivity index (χ3n) is 8.35. The summed E-state index contributed by atoms with van der Waals surface area (Å²) in [7, 11) is 0. The molecule has 0 atom stereocenters. The van der Waals surface area contributed by atoms with Gasteiger partial charge in [0, 0.05) is 23.1 Å². The molecule has 2 aromatic carbocycles. The zero-order valence-electron chi connectivity index (χ0n) is 20.5. The highest BCUT2D eigenvalue weighted by molar-refractivity contribution is 6.01. The Labute approximate surface area is 211 Å². The number of hydrogen-bond acceptors (Lipinski definition) is 4. The van der Waals surface area contributed by atoms with E-state index in [9.17, 15) is 9.59 Å². The van der Waals surface area contributed by atoms with Gasteiger partial charge in [-0.05, 0) is 54.5 Å². The smallest absolute Gasteiger partial charge is 0.287 e. The summed E-state index contributed by atoms with van der Waals surface area (Å²) >= 11 is 0. The Morgan fingerprint density at radius 2 is 1.67 bits per heavy atom. The normalized spacial score (nSPS) is 20.3. The lowest BCUT2D eigenvalue weighted by molar-refractivity contribution is -0.127. The van der Waals surface area contributed by atoms with Gasteiger partial charge in [-0.25, -0.2) is 0 Å². The number of nitrogens with one attached hydrogen (secondary N) is 1. The third-order valence-corrected chi connectivity index (χ3v) is 8.35. The summed E-state index contributed by atoms with van der Waals surface area (Å²) in [6.45, 7) is 1.58. The van der Waals surface area contributed by atoms with E-state index in [1.165, 1.54) is 5.56 Å². The van der Waals surface area contributed by atoms with E-state index in [0.717, 1.165) is 61.8 Å². The van der Waals surface area contributed by atoms with Gasteiger partial charge in [-0.3, -0.25) is 9.59 Å². The Hall–Kier alpha value is -3.36. The van der Waals surface area contributed by atoms with Crippen molar-refractivity contribution in [3.63, 3.8) is 0 Å². The van der Waals surface area contributed by atoms with Crippen molar-refractivity contribution >= 4 is 22.7 Å². The molecule has 1 amide bonds. The lowest BCUT2D eigenvalue weighted by atomic mass is 9.75. The number of benzene rings is 2. The van der Waals surface area contributed by atoms with E-state index in [-0.39, 0.29) is 22.9 Å². The van der Waals surface area contributed by atoms with Crippen LogP contribution in [0.1, 0.15) is 73.4 Å². The van der Waals surface area contributed by atoms with Crippen molar-refractivity contribution in [2.45, 2.75) is 62.8 Å². The highest BCUT2D eigenvalue weighted by Crippen LogP contribution is 2.49. The van der Waals surface area contributed by atoms with Crippen LogP contribution in [0, 0.1) is 17.8 Å². The van der Waals surface area contributed by atoms with Gasteiger partial charge in [0.15, 0.2) is 11.5 Å². The minimum Gasteiger partial charge on any atom is -0.451 e. The molecule has 0 bridgehead atoms. The van der Waals surface area contributed by atoms with Crippen LogP contribution < -0.4 is 5.32 Å². The Kier molecular flexibility index (Phi) is 5.73. The number of Topliss-reactive ketones (excluding diaryl/α,β-unsaturated/α-hetero) is 1. The molecule has 0 unspecified atom stereocenters. The number of carbonyl (C=O) groups is 2. The van der Waals surface area contributed by atoms with Gasteiger partial charge in [-0.15, -0.1) is 6.42 Å². The molecule has 1 aromatic heterocycles. The Morgan fingerprint density at radius 3 is 2.31 bits per heavy atom. The van der Waals surface area contributed by atoms with E-state index in [4.69, 9.17) is 15.6 Å².